The van der Waals surface area contributed by atoms with Gasteiger partial charge in [0.25, 0.3) is 0 Å². The van der Waals surface area contributed by atoms with Crippen molar-refractivity contribution in [1.29, 1.82) is 0 Å². The minimum Gasteiger partial charge on any atom is -0.373 e. The van der Waals surface area contributed by atoms with Crippen LogP contribution in [0, 0.1) is 5.92 Å². The number of hydrogen-bond donors (Lipinski definition) is 0. The molecule has 0 N–H and O–H groups in total. The maximum absolute atomic E-state index is 2.40. The minimum absolute atomic E-state index is 0.722. The Balaban J connectivity index is 4.07. The highest BCUT2D eigenvalue weighted by Crippen LogP contribution is 2.03. The fourth-order valence-corrected chi connectivity index (χ4v) is 1.51. The molecule has 1 heteroatoms. The van der Waals surface area contributed by atoms with Gasteiger partial charge in [-0.15, -0.1) is 0 Å². The highest BCUT2D eigenvalue weighted by atomic mass is 15.1. The van der Waals surface area contributed by atoms with Gasteiger partial charge in [-0.1, -0.05) is 44.9 Å². The monoisotopic (exact) mass is 209 g/mol. The van der Waals surface area contributed by atoms with Crippen LogP contribution >= 0.6 is 0 Å². The molecule has 15 heavy (non-hydrogen) atoms. The molecule has 0 heterocycles. The summed E-state index contributed by atoms with van der Waals surface area (Å²) >= 11 is 0. The van der Waals surface area contributed by atoms with Crippen molar-refractivity contribution < 1.29 is 0 Å². The molecule has 0 aromatic carbocycles. The first-order chi connectivity index (χ1) is 7.06. The molecule has 0 rings (SSSR count). The number of rotatable bonds is 7. The molecular weight excluding hydrogens is 182 g/mol. The standard InChI is InChI=1S/C14H27N/c1-6-7-8-9-10-15(11-13(2)3)12-14(4)5/h8-9,11,14H,6-7,10,12H2,1-5H3/b9-8+. The Labute approximate surface area is 95.9 Å². The molecular formula is C14H27N. The Morgan fingerprint density at radius 1 is 1.20 bits per heavy atom. The molecule has 0 unspecified atom stereocenters. The van der Waals surface area contributed by atoms with E-state index in [0.717, 1.165) is 19.0 Å². The Morgan fingerprint density at radius 3 is 2.33 bits per heavy atom. The fourth-order valence-electron chi connectivity index (χ4n) is 1.51. The largest absolute Gasteiger partial charge is 0.373 e. The van der Waals surface area contributed by atoms with Crippen LogP contribution in [0.5, 0.6) is 0 Å². The highest BCUT2D eigenvalue weighted by molar-refractivity contribution is 4.96. The summed E-state index contributed by atoms with van der Waals surface area (Å²) in [5.74, 6) is 0.722. The van der Waals surface area contributed by atoms with Crippen LogP contribution in [0.25, 0.3) is 0 Å². The van der Waals surface area contributed by atoms with E-state index in [1.54, 1.807) is 0 Å². The van der Waals surface area contributed by atoms with E-state index in [1.165, 1.54) is 18.4 Å². The van der Waals surface area contributed by atoms with Crippen LogP contribution in [0.15, 0.2) is 23.9 Å². The van der Waals surface area contributed by atoms with Gasteiger partial charge in [-0.2, -0.15) is 0 Å². The Morgan fingerprint density at radius 2 is 1.87 bits per heavy atom. The second-order valence-electron chi connectivity index (χ2n) is 4.81. The van der Waals surface area contributed by atoms with Gasteiger partial charge in [0.1, 0.15) is 0 Å². The van der Waals surface area contributed by atoms with Crippen molar-refractivity contribution in [1.82, 2.24) is 4.90 Å². The Kier molecular flexibility index (Phi) is 8.17. The SMILES string of the molecule is CCC/C=C/CN(C=C(C)C)CC(C)C. The third kappa shape index (κ3) is 9.58. The van der Waals surface area contributed by atoms with E-state index < -0.39 is 0 Å². The van der Waals surface area contributed by atoms with E-state index in [9.17, 15) is 0 Å². The van der Waals surface area contributed by atoms with Crippen LogP contribution in [0.2, 0.25) is 0 Å². The van der Waals surface area contributed by atoms with Crippen LogP contribution in [-0.4, -0.2) is 18.0 Å². The quantitative estimate of drug-likeness (QED) is 0.567. The predicted octanol–water partition coefficient (Wildman–Crippen LogP) is 4.22. The van der Waals surface area contributed by atoms with Gasteiger partial charge in [-0.05, 0) is 32.4 Å². The maximum atomic E-state index is 2.40. The van der Waals surface area contributed by atoms with Crippen LogP contribution in [-0.2, 0) is 0 Å². The van der Waals surface area contributed by atoms with Gasteiger partial charge in [-0.25, -0.2) is 0 Å². The molecule has 0 fully saturated rings. The smallest absolute Gasteiger partial charge is 0.0354 e. The summed E-state index contributed by atoms with van der Waals surface area (Å²) in [4.78, 5) is 2.40. The lowest BCUT2D eigenvalue weighted by molar-refractivity contribution is 0.357. The summed E-state index contributed by atoms with van der Waals surface area (Å²) < 4.78 is 0. The van der Waals surface area contributed by atoms with E-state index in [2.05, 4.69) is 57.9 Å². The molecule has 0 spiro atoms. The second-order valence-corrected chi connectivity index (χ2v) is 4.81. The number of nitrogens with zero attached hydrogens (tertiary/aromatic N) is 1. The fraction of sp³-hybridized carbons (Fsp3) is 0.714. The van der Waals surface area contributed by atoms with Crippen molar-refractivity contribution in [3.63, 3.8) is 0 Å². The number of hydrogen-bond acceptors (Lipinski definition) is 1. The van der Waals surface area contributed by atoms with Gasteiger partial charge in [-0.3, -0.25) is 0 Å². The van der Waals surface area contributed by atoms with Crippen LogP contribution in [0.3, 0.4) is 0 Å². The number of unbranched alkanes of at least 4 members (excludes halogenated alkanes) is 1. The van der Waals surface area contributed by atoms with Gasteiger partial charge < -0.3 is 4.90 Å². The van der Waals surface area contributed by atoms with E-state index >= 15 is 0 Å². The molecule has 0 radical (unpaired) electrons. The van der Waals surface area contributed by atoms with Crippen molar-refractivity contribution in [2.24, 2.45) is 5.92 Å². The third-order valence-corrected chi connectivity index (χ3v) is 2.00. The van der Waals surface area contributed by atoms with Crippen molar-refractivity contribution in [3.05, 3.63) is 23.9 Å². The summed E-state index contributed by atoms with van der Waals surface area (Å²) in [6.45, 7) is 13.2. The molecule has 0 aliphatic carbocycles. The van der Waals surface area contributed by atoms with Crippen molar-refractivity contribution in [2.45, 2.75) is 47.5 Å². The lowest BCUT2D eigenvalue weighted by Crippen LogP contribution is -2.22. The zero-order chi connectivity index (χ0) is 11.7. The second kappa shape index (κ2) is 8.58. The highest BCUT2D eigenvalue weighted by Gasteiger charge is 2.00. The molecule has 0 saturated heterocycles. The first kappa shape index (κ1) is 14.3. The molecule has 0 aromatic rings. The lowest BCUT2D eigenvalue weighted by atomic mass is 10.2. The molecule has 0 saturated carbocycles. The predicted molar refractivity (Wildman–Crippen MR) is 69.9 cm³/mol. The summed E-state index contributed by atoms with van der Waals surface area (Å²) in [6.07, 6.45) is 9.27. The van der Waals surface area contributed by atoms with Gasteiger partial charge in [0, 0.05) is 13.1 Å². The van der Waals surface area contributed by atoms with Crippen LogP contribution < -0.4 is 0 Å². The first-order valence-corrected chi connectivity index (χ1v) is 6.10. The Hall–Kier alpha value is -0.720. The third-order valence-electron chi connectivity index (χ3n) is 2.00. The van der Waals surface area contributed by atoms with E-state index in [1.807, 2.05) is 0 Å². The van der Waals surface area contributed by atoms with Gasteiger partial charge in [0.2, 0.25) is 0 Å². The zero-order valence-corrected chi connectivity index (χ0v) is 11.1. The Bertz CT molecular complexity index is 197. The van der Waals surface area contributed by atoms with E-state index in [0.29, 0.717) is 0 Å². The maximum Gasteiger partial charge on any atom is 0.0354 e. The molecule has 0 aliphatic rings. The van der Waals surface area contributed by atoms with Crippen LogP contribution in [0.1, 0.15) is 47.5 Å². The molecule has 0 aromatic heterocycles. The molecule has 0 aliphatic heterocycles. The first-order valence-electron chi connectivity index (χ1n) is 6.10. The average molecular weight is 209 g/mol. The van der Waals surface area contributed by atoms with E-state index in [-0.39, 0.29) is 0 Å². The number of allylic oxidation sites excluding steroid dienone is 2. The molecule has 88 valence electrons. The topological polar surface area (TPSA) is 3.24 Å². The summed E-state index contributed by atoms with van der Waals surface area (Å²) in [6, 6.07) is 0. The van der Waals surface area contributed by atoms with Gasteiger partial charge >= 0.3 is 0 Å². The van der Waals surface area contributed by atoms with Crippen molar-refractivity contribution in [3.8, 4) is 0 Å². The van der Waals surface area contributed by atoms with Gasteiger partial charge in [0.05, 0.1) is 0 Å². The van der Waals surface area contributed by atoms with Crippen molar-refractivity contribution >= 4 is 0 Å². The molecule has 0 atom stereocenters. The summed E-state index contributed by atoms with van der Waals surface area (Å²) in [5.41, 5.74) is 1.37. The minimum atomic E-state index is 0.722. The zero-order valence-electron chi connectivity index (χ0n) is 11.1. The molecule has 0 amide bonds. The normalized spacial score (nSPS) is 11.1. The van der Waals surface area contributed by atoms with E-state index in [4.69, 9.17) is 0 Å². The molecule has 0 bridgehead atoms. The average Bonchev–Trinajstić information content (AvgIpc) is 2.10. The van der Waals surface area contributed by atoms with Gasteiger partial charge in [0.15, 0.2) is 0 Å². The summed E-state index contributed by atoms with van der Waals surface area (Å²) in [7, 11) is 0. The summed E-state index contributed by atoms with van der Waals surface area (Å²) in [5, 5.41) is 0. The molecule has 1 nitrogen and oxygen atoms in total. The lowest BCUT2D eigenvalue weighted by Gasteiger charge is -2.21. The van der Waals surface area contributed by atoms with Crippen molar-refractivity contribution in [2.75, 3.05) is 13.1 Å². The van der Waals surface area contributed by atoms with Crippen LogP contribution in [0.4, 0.5) is 0 Å².